The minimum atomic E-state index is 0.782. The summed E-state index contributed by atoms with van der Waals surface area (Å²) in [7, 11) is 0. The smallest absolute Gasteiger partial charge is 0.0375 e. The number of anilines is 1. The van der Waals surface area contributed by atoms with Crippen molar-refractivity contribution in [3.63, 3.8) is 0 Å². The molecule has 0 unspecified atom stereocenters. The molecule has 0 aliphatic carbocycles. The Morgan fingerprint density at radius 3 is 2.88 bits per heavy atom. The predicted octanol–water partition coefficient (Wildman–Crippen LogP) is 2.96. The average molecular weight is 220 g/mol. The molecule has 16 heavy (non-hydrogen) atoms. The van der Waals surface area contributed by atoms with Gasteiger partial charge in [-0.2, -0.15) is 0 Å². The minimum Gasteiger partial charge on any atom is -0.385 e. The lowest BCUT2D eigenvalue weighted by molar-refractivity contribution is 0.815. The Morgan fingerprint density at radius 1 is 1.31 bits per heavy atom. The molecule has 2 nitrogen and oxygen atoms in total. The molecule has 0 aromatic heterocycles. The fourth-order valence-electron chi connectivity index (χ4n) is 1.97. The molecule has 0 amide bonds. The molecule has 1 aliphatic rings. The van der Waals surface area contributed by atoms with Gasteiger partial charge in [0.1, 0.15) is 0 Å². The van der Waals surface area contributed by atoms with Crippen LogP contribution in [0.15, 0.2) is 18.2 Å². The van der Waals surface area contributed by atoms with Crippen LogP contribution in [0.25, 0.3) is 0 Å². The summed E-state index contributed by atoms with van der Waals surface area (Å²) in [6.45, 7) is 5.90. The van der Waals surface area contributed by atoms with Crippen LogP contribution in [0.4, 0.5) is 5.69 Å². The first kappa shape index (κ1) is 13.0. The van der Waals surface area contributed by atoms with Crippen LogP contribution in [0.1, 0.15) is 37.8 Å². The van der Waals surface area contributed by atoms with Gasteiger partial charge in [0, 0.05) is 12.2 Å². The second kappa shape index (κ2) is 7.29. The number of fused-ring (bicyclic) bond motifs is 1. The van der Waals surface area contributed by atoms with Crippen LogP contribution in [0.5, 0.6) is 0 Å². The number of nitrogens with one attached hydrogen (secondary N) is 1. The minimum absolute atomic E-state index is 0.782. The van der Waals surface area contributed by atoms with E-state index in [1.54, 1.807) is 0 Å². The summed E-state index contributed by atoms with van der Waals surface area (Å²) in [5, 5.41) is 3.45. The molecule has 0 fully saturated rings. The topological polar surface area (TPSA) is 38.0 Å². The van der Waals surface area contributed by atoms with Crippen LogP contribution in [-0.4, -0.2) is 13.1 Å². The Morgan fingerprint density at radius 2 is 2.12 bits per heavy atom. The normalized spacial score (nSPS) is 13.2. The zero-order valence-corrected chi connectivity index (χ0v) is 10.6. The molecule has 90 valence electrons. The summed E-state index contributed by atoms with van der Waals surface area (Å²) in [6.07, 6.45) is 4.67. The SMILES string of the molecule is CC.NCCCc1ccc2c(c1)NCCC2. The molecule has 1 aliphatic heterocycles. The van der Waals surface area contributed by atoms with Gasteiger partial charge in [-0.15, -0.1) is 0 Å². The number of aryl methyl sites for hydroxylation is 2. The molecular formula is C14H24N2. The van der Waals surface area contributed by atoms with Gasteiger partial charge in [0.15, 0.2) is 0 Å². The van der Waals surface area contributed by atoms with E-state index in [1.165, 1.54) is 29.7 Å². The number of nitrogens with two attached hydrogens (primary N) is 1. The van der Waals surface area contributed by atoms with Crippen molar-refractivity contribution in [3.05, 3.63) is 29.3 Å². The van der Waals surface area contributed by atoms with E-state index in [9.17, 15) is 0 Å². The lowest BCUT2D eigenvalue weighted by Crippen LogP contribution is -2.12. The largest absolute Gasteiger partial charge is 0.385 e. The van der Waals surface area contributed by atoms with E-state index in [1.807, 2.05) is 13.8 Å². The number of hydrogen-bond acceptors (Lipinski definition) is 2. The van der Waals surface area contributed by atoms with Crippen LogP contribution in [-0.2, 0) is 12.8 Å². The molecule has 0 bridgehead atoms. The summed E-state index contributed by atoms with van der Waals surface area (Å²) in [5.74, 6) is 0. The van der Waals surface area contributed by atoms with Crippen LogP contribution < -0.4 is 11.1 Å². The van der Waals surface area contributed by atoms with Gasteiger partial charge in [-0.3, -0.25) is 0 Å². The number of rotatable bonds is 3. The molecular weight excluding hydrogens is 196 g/mol. The molecule has 0 atom stereocenters. The van der Waals surface area contributed by atoms with E-state index >= 15 is 0 Å². The van der Waals surface area contributed by atoms with E-state index in [4.69, 9.17) is 5.73 Å². The third kappa shape index (κ3) is 3.53. The molecule has 0 saturated heterocycles. The second-order valence-corrected chi connectivity index (χ2v) is 3.91. The van der Waals surface area contributed by atoms with Gasteiger partial charge < -0.3 is 11.1 Å². The Kier molecular flexibility index (Phi) is 5.94. The first-order chi connectivity index (χ1) is 7.90. The van der Waals surface area contributed by atoms with Crippen molar-refractivity contribution in [2.24, 2.45) is 5.73 Å². The first-order valence-electron chi connectivity index (χ1n) is 6.46. The Balaban J connectivity index is 0.000000606. The van der Waals surface area contributed by atoms with E-state index in [0.717, 1.165) is 25.9 Å². The summed E-state index contributed by atoms with van der Waals surface area (Å²) in [4.78, 5) is 0. The summed E-state index contributed by atoms with van der Waals surface area (Å²) >= 11 is 0. The van der Waals surface area contributed by atoms with Crippen LogP contribution in [0, 0.1) is 0 Å². The van der Waals surface area contributed by atoms with Gasteiger partial charge >= 0.3 is 0 Å². The summed E-state index contributed by atoms with van der Waals surface area (Å²) in [6, 6.07) is 6.78. The molecule has 2 heteroatoms. The van der Waals surface area contributed by atoms with Crippen molar-refractivity contribution in [3.8, 4) is 0 Å². The number of benzene rings is 1. The maximum atomic E-state index is 5.50. The Labute approximate surface area is 99.2 Å². The molecule has 1 aromatic carbocycles. The van der Waals surface area contributed by atoms with Gasteiger partial charge in [-0.1, -0.05) is 26.0 Å². The summed E-state index contributed by atoms with van der Waals surface area (Å²) in [5.41, 5.74) is 9.71. The highest BCUT2D eigenvalue weighted by atomic mass is 14.9. The van der Waals surface area contributed by atoms with Crippen molar-refractivity contribution in [2.45, 2.75) is 39.5 Å². The molecule has 1 aromatic rings. The Hall–Kier alpha value is -1.02. The van der Waals surface area contributed by atoms with Crippen LogP contribution in [0.3, 0.4) is 0 Å². The maximum Gasteiger partial charge on any atom is 0.0375 e. The van der Waals surface area contributed by atoms with Gasteiger partial charge in [0.25, 0.3) is 0 Å². The first-order valence-corrected chi connectivity index (χ1v) is 6.46. The predicted molar refractivity (Wildman–Crippen MR) is 72.0 cm³/mol. The lowest BCUT2D eigenvalue weighted by atomic mass is 9.99. The fraction of sp³-hybridized carbons (Fsp3) is 0.571. The highest BCUT2D eigenvalue weighted by molar-refractivity contribution is 5.54. The fourth-order valence-corrected chi connectivity index (χ4v) is 1.97. The maximum absolute atomic E-state index is 5.50. The van der Waals surface area contributed by atoms with Crippen molar-refractivity contribution < 1.29 is 0 Å². The highest BCUT2D eigenvalue weighted by Gasteiger charge is 2.07. The molecule has 0 spiro atoms. The zero-order chi connectivity index (χ0) is 11.8. The van der Waals surface area contributed by atoms with Crippen molar-refractivity contribution in [1.29, 1.82) is 0 Å². The zero-order valence-electron chi connectivity index (χ0n) is 10.6. The monoisotopic (exact) mass is 220 g/mol. The average Bonchev–Trinajstić information content (AvgIpc) is 2.38. The van der Waals surface area contributed by atoms with Crippen LogP contribution in [0.2, 0.25) is 0 Å². The molecule has 0 radical (unpaired) electrons. The van der Waals surface area contributed by atoms with Gasteiger partial charge in [0.05, 0.1) is 0 Å². The molecule has 2 rings (SSSR count). The van der Waals surface area contributed by atoms with Gasteiger partial charge in [-0.25, -0.2) is 0 Å². The van der Waals surface area contributed by atoms with E-state index in [-0.39, 0.29) is 0 Å². The van der Waals surface area contributed by atoms with Crippen LogP contribution >= 0.6 is 0 Å². The Bertz CT molecular complexity index is 308. The third-order valence-electron chi connectivity index (χ3n) is 2.78. The summed E-state index contributed by atoms with van der Waals surface area (Å²) < 4.78 is 0. The van der Waals surface area contributed by atoms with Crippen molar-refractivity contribution in [2.75, 3.05) is 18.4 Å². The van der Waals surface area contributed by atoms with Gasteiger partial charge in [0.2, 0.25) is 0 Å². The quantitative estimate of drug-likeness (QED) is 0.822. The molecule has 1 heterocycles. The lowest BCUT2D eigenvalue weighted by Gasteiger charge is -2.18. The standard InChI is InChI=1S/C12H18N2.C2H6/c13-7-1-3-10-5-6-11-4-2-8-14-12(11)9-10;1-2/h5-6,9,14H,1-4,7-8,13H2;1-2H3. The van der Waals surface area contributed by atoms with Crippen molar-refractivity contribution in [1.82, 2.24) is 0 Å². The van der Waals surface area contributed by atoms with E-state index < -0.39 is 0 Å². The third-order valence-corrected chi connectivity index (χ3v) is 2.78. The van der Waals surface area contributed by atoms with Crippen molar-refractivity contribution >= 4 is 5.69 Å². The van der Waals surface area contributed by atoms with E-state index in [0.29, 0.717) is 0 Å². The highest BCUT2D eigenvalue weighted by Crippen LogP contribution is 2.23. The second-order valence-electron chi connectivity index (χ2n) is 3.91. The van der Waals surface area contributed by atoms with Gasteiger partial charge in [-0.05, 0) is 49.4 Å². The van der Waals surface area contributed by atoms with E-state index in [2.05, 4.69) is 23.5 Å². The number of hydrogen-bond donors (Lipinski definition) is 2. The molecule has 0 saturated carbocycles. The molecule has 3 N–H and O–H groups in total.